The van der Waals surface area contributed by atoms with Crippen molar-refractivity contribution in [3.8, 4) is 0 Å². The molecule has 1 aliphatic heterocycles. The third-order valence-corrected chi connectivity index (χ3v) is 4.76. The first-order valence-corrected chi connectivity index (χ1v) is 8.94. The summed E-state index contributed by atoms with van der Waals surface area (Å²) in [6.07, 6.45) is 3.73. The van der Waals surface area contributed by atoms with Gasteiger partial charge in [0.25, 0.3) is 5.91 Å². The van der Waals surface area contributed by atoms with Crippen LogP contribution in [0.1, 0.15) is 45.5 Å². The van der Waals surface area contributed by atoms with E-state index in [1.165, 1.54) is 26.4 Å². The van der Waals surface area contributed by atoms with Gasteiger partial charge in [-0.05, 0) is 68.1 Å². The molecule has 5 heteroatoms. The lowest BCUT2D eigenvalue weighted by Crippen LogP contribution is -2.29. The highest BCUT2D eigenvalue weighted by atomic mass is 16.5. The van der Waals surface area contributed by atoms with Crippen molar-refractivity contribution in [3.05, 3.63) is 59.2 Å². The van der Waals surface area contributed by atoms with E-state index in [1.807, 2.05) is 31.2 Å². The Morgan fingerprint density at radius 3 is 2.27 bits per heavy atom. The summed E-state index contributed by atoms with van der Waals surface area (Å²) >= 11 is 0. The molecule has 0 aliphatic carbocycles. The average Bonchev–Trinajstić information content (AvgIpc) is 2.69. The molecular weight excluding hydrogens is 328 g/mol. The van der Waals surface area contributed by atoms with E-state index >= 15 is 0 Å². The Balaban J connectivity index is 1.72. The van der Waals surface area contributed by atoms with Gasteiger partial charge in [-0.1, -0.05) is 6.07 Å². The average molecular weight is 352 g/mol. The molecule has 2 aromatic rings. The standard InChI is InChI=1S/C21H24N2O3/c1-15-6-7-17(21(25)26-2)14-19(15)22-20(24)16-8-10-18(11-9-16)23-12-4-3-5-13-23/h6-11,14H,3-5,12-13H2,1-2H3,(H,22,24). The first-order chi connectivity index (χ1) is 12.6. The van der Waals surface area contributed by atoms with Crippen LogP contribution < -0.4 is 10.2 Å². The second kappa shape index (κ2) is 8.04. The van der Waals surface area contributed by atoms with Gasteiger partial charge in [-0.25, -0.2) is 4.79 Å². The normalized spacial score (nSPS) is 14.0. The lowest BCUT2D eigenvalue weighted by molar-refractivity contribution is 0.0600. The van der Waals surface area contributed by atoms with Gasteiger partial charge in [-0.3, -0.25) is 4.79 Å². The molecule has 1 N–H and O–H groups in total. The summed E-state index contributed by atoms with van der Waals surface area (Å²) in [6, 6.07) is 12.8. The molecular formula is C21H24N2O3. The van der Waals surface area contributed by atoms with Crippen molar-refractivity contribution in [3.63, 3.8) is 0 Å². The van der Waals surface area contributed by atoms with Crippen molar-refractivity contribution < 1.29 is 14.3 Å². The SMILES string of the molecule is COC(=O)c1ccc(C)c(NC(=O)c2ccc(N3CCCCC3)cc2)c1. The van der Waals surface area contributed by atoms with Crippen LogP contribution in [0, 0.1) is 6.92 Å². The predicted octanol–water partition coefficient (Wildman–Crippen LogP) is 4.02. The molecule has 2 aromatic carbocycles. The van der Waals surface area contributed by atoms with Gasteiger partial charge in [0, 0.05) is 30.0 Å². The maximum Gasteiger partial charge on any atom is 0.337 e. The number of nitrogens with zero attached hydrogens (tertiary/aromatic N) is 1. The molecule has 1 heterocycles. The zero-order chi connectivity index (χ0) is 18.5. The molecule has 3 rings (SSSR count). The van der Waals surface area contributed by atoms with E-state index in [1.54, 1.807) is 18.2 Å². The van der Waals surface area contributed by atoms with E-state index < -0.39 is 5.97 Å². The Bertz CT molecular complexity index is 793. The maximum atomic E-state index is 12.6. The quantitative estimate of drug-likeness (QED) is 0.844. The van der Waals surface area contributed by atoms with Crippen LogP contribution in [0.2, 0.25) is 0 Å². The van der Waals surface area contributed by atoms with Crippen LogP contribution in [-0.2, 0) is 4.74 Å². The van der Waals surface area contributed by atoms with Crippen LogP contribution >= 0.6 is 0 Å². The van der Waals surface area contributed by atoms with Gasteiger partial charge >= 0.3 is 5.97 Å². The van der Waals surface area contributed by atoms with Gasteiger partial charge in [0.15, 0.2) is 0 Å². The van der Waals surface area contributed by atoms with Crippen molar-refractivity contribution in [1.29, 1.82) is 0 Å². The van der Waals surface area contributed by atoms with Crippen LogP contribution in [0.15, 0.2) is 42.5 Å². The molecule has 0 atom stereocenters. The molecule has 0 bridgehead atoms. The minimum absolute atomic E-state index is 0.194. The number of carbonyl (C=O) groups is 2. The number of aryl methyl sites for hydroxylation is 1. The summed E-state index contributed by atoms with van der Waals surface area (Å²) in [5, 5.41) is 2.88. The zero-order valence-electron chi connectivity index (χ0n) is 15.2. The fraction of sp³-hybridized carbons (Fsp3) is 0.333. The summed E-state index contributed by atoms with van der Waals surface area (Å²) in [7, 11) is 1.34. The third-order valence-electron chi connectivity index (χ3n) is 4.76. The van der Waals surface area contributed by atoms with Crippen LogP contribution in [0.25, 0.3) is 0 Å². The smallest absolute Gasteiger partial charge is 0.337 e. The number of nitrogens with one attached hydrogen (secondary N) is 1. The predicted molar refractivity (Wildman–Crippen MR) is 103 cm³/mol. The third kappa shape index (κ3) is 4.04. The highest BCUT2D eigenvalue weighted by Gasteiger charge is 2.14. The molecule has 1 aliphatic rings. The Kier molecular flexibility index (Phi) is 5.56. The number of carbonyl (C=O) groups excluding carboxylic acids is 2. The van der Waals surface area contributed by atoms with Crippen molar-refractivity contribution in [2.45, 2.75) is 26.2 Å². The number of amides is 1. The van der Waals surface area contributed by atoms with Gasteiger partial charge in [0.05, 0.1) is 12.7 Å². The molecule has 1 fully saturated rings. The summed E-state index contributed by atoms with van der Waals surface area (Å²) in [5.41, 5.74) is 3.65. The maximum absolute atomic E-state index is 12.6. The van der Waals surface area contributed by atoms with Crippen molar-refractivity contribution in [2.75, 3.05) is 30.4 Å². The molecule has 5 nitrogen and oxygen atoms in total. The minimum Gasteiger partial charge on any atom is -0.465 e. The number of rotatable bonds is 4. The molecule has 26 heavy (non-hydrogen) atoms. The molecule has 1 amide bonds. The number of esters is 1. The van der Waals surface area contributed by atoms with Crippen LogP contribution in [0.4, 0.5) is 11.4 Å². The molecule has 0 radical (unpaired) electrons. The molecule has 0 spiro atoms. The molecule has 1 saturated heterocycles. The fourth-order valence-electron chi connectivity index (χ4n) is 3.17. The van der Waals surface area contributed by atoms with E-state index in [2.05, 4.69) is 10.2 Å². The van der Waals surface area contributed by atoms with Crippen LogP contribution in [0.3, 0.4) is 0 Å². The Morgan fingerprint density at radius 1 is 0.962 bits per heavy atom. The summed E-state index contributed by atoms with van der Waals surface area (Å²) in [4.78, 5) is 26.6. The fourth-order valence-corrected chi connectivity index (χ4v) is 3.17. The van der Waals surface area contributed by atoms with Gasteiger partial charge in [-0.2, -0.15) is 0 Å². The lowest BCUT2D eigenvalue weighted by Gasteiger charge is -2.28. The van der Waals surface area contributed by atoms with E-state index in [0.717, 1.165) is 24.3 Å². The number of anilines is 2. The Hall–Kier alpha value is -2.82. The van der Waals surface area contributed by atoms with Crippen molar-refractivity contribution in [1.82, 2.24) is 0 Å². The van der Waals surface area contributed by atoms with Gasteiger partial charge < -0.3 is 15.0 Å². The van der Waals surface area contributed by atoms with E-state index in [0.29, 0.717) is 16.8 Å². The number of hydrogen-bond acceptors (Lipinski definition) is 4. The van der Waals surface area contributed by atoms with E-state index in [-0.39, 0.29) is 5.91 Å². The summed E-state index contributed by atoms with van der Waals surface area (Å²) < 4.78 is 4.74. The second-order valence-corrected chi connectivity index (χ2v) is 6.57. The van der Waals surface area contributed by atoms with Gasteiger partial charge in [-0.15, -0.1) is 0 Å². The number of hydrogen-bond donors (Lipinski definition) is 1. The molecule has 0 saturated carbocycles. The van der Waals surface area contributed by atoms with Crippen molar-refractivity contribution in [2.24, 2.45) is 0 Å². The molecule has 136 valence electrons. The zero-order valence-corrected chi connectivity index (χ0v) is 15.2. The number of piperidine rings is 1. The van der Waals surface area contributed by atoms with Crippen LogP contribution in [0.5, 0.6) is 0 Å². The van der Waals surface area contributed by atoms with Crippen molar-refractivity contribution >= 4 is 23.3 Å². The monoisotopic (exact) mass is 352 g/mol. The number of ether oxygens (including phenoxy) is 1. The first-order valence-electron chi connectivity index (χ1n) is 8.94. The van der Waals surface area contributed by atoms with Gasteiger partial charge in [0.1, 0.15) is 0 Å². The molecule has 0 unspecified atom stereocenters. The lowest BCUT2D eigenvalue weighted by atomic mass is 10.1. The summed E-state index contributed by atoms with van der Waals surface area (Å²) in [6.45, 7) is 4.03. The van der Waals surface area contributed by atoms with Crippen LogP contribution in [-0.4, -0.2) is 32.1 Å². The Morgan fingerprint density at radius 2 is 1.62 bits per heavy atom. The Labute approximate surface area is 154 Å². The summed E-state index contributed by atoms with van der Waals surface area (Å²) in [5.74, 6) is -0.619. The highest BCUT2D eigenvalue weighted by molar-refractivity contribution is 6.05. The largest absolute Gasteiger partial charge is 0.465 e. The van der Waals surface area contributed by atoms with E-state index in [4.69, 9.17) is 4.74 Å². The van der Waals surface area contributed by atoms with E-state index in [9.17, 15) is 9.59 Å². The highest BCUT2D eigenvalue weighted by Crippen LogP contribution is 2.22. The first kappa shape index (κ1) is 18.0. The number of benzene rings is 2. The van der Waals surface area contributed by atoms with Gasteiger partial charge in [0.2, 0.25) is 0 Å². The second-order valence-electron chi connectivity index (χ2n) is 6.57. The minimum atomic E-state index is -0.425. The topological polar surface area (TPSA) is 58.6 Å². The number of methoxy groups -OCH3 is 1. The molecule has 0 aromatic heterocycles.